The summed E-state index contributed by atoms with van der Waals surface area (Å²) >= 11 is 0. The maximum atomic E-state index is 12.9. The van der Waals surface area contributed by atoms with Gasteiger partial charge in [-0.25, -0.2) is 4.68 Å². The second kappa shape index (κ2) is 9.08. The van der Waals surface area contributed by atoms with E-state index in [1.807, 2.05) is 0 Å². The summed E-state index contributed by atoms with van der Waals surface area (Å²) in [5.41, 5.74) is -1.54. The first kappa shape index (κ1) is 23.1. The summed E-state index contributed by atoms with van der Waals surface area (Å²) in [5.74, 6) is -0.233. The number of benzene rings is 2. The van der Waals surface area contributed by atoms with Crippen LogP contribution in [0.4, 0.5) is 24.5 Å². The Morgan fingerprint density at radius 2 is 1.79 bits per heavy atom. The molecular weight excluding hydrogens is 457 g/mol. The SMILES string of the molecule is O=C(CCn1nnc2ccccc2c1=O)N1CCN(c2ccc(C(F)(F)F)cc2[N+](=O)[O-])CC1. The molecule has 1 saturated heterocycles. The van der Waals surface area contributed by atoms with E-state index >= 15 is 0 Å². The molecule has 0 aliphatic carbocycles. The van der Waals surface area contributed by atoms with E-state index in [-0.39, 0.29) is 56.3 Å². The number of amides is 1. The minimum atomic E-state index is -4.69. The van der Waals surface area contributed by atoms with Crippen LogP contribution in [-0.4, -0.2) is 56.9 Å². The summed E-state index contributed by atoms with van der Waals surface area (Å²) in [6.45, 7) is 0.937. The van der Waals surface area contributed by atoms with Crippen molar-refractivity contribution in [3.05, 3.63) is 68.5 Å². The van der Waals surface area contributed by atoms with Gasteiger partial charge in [0, 0.05) is 38.7 Å². The van der Waals surface area contributed by atoms with Crippen molar-refractivity contribution in [1.82, 2.24) is 19.9 Å². The maximum absolute atomic E-state index is 12.9. The Balaban J connectivity index is 1.39. The highest BCUT2D eigenvalue weighted by molar-refractivity contribution is 5.77. The van der Waals surface area contributed by atoms with Crippen molar-refractivity contribution in [2.45, 2.75) is 19.1 Å². The lowest BCUT2D eigenvalue weighted by atomic mass is 10.1. The second-order valence-electron chi connectivity index (χ2n) is 7.71. The smallest absolute Gasteiger partial charge is 0.362 e. The van der Waals surface area contributed by atoms with Gasteiger partial charge in [-0.2, -0.15) is 13.2 Å². The molecule has 0 saturated carbocycles. The lowest BCUT2D eigenvalue weighted by Crippen LogP contribution is -2.49. The topological polar surface area (TPSA) is 114 Å². The third-order valence-corrected chi connectivity index (χ3v) is 5.64. The average molecular weight is 476 g/mol. The first-order valence-electron chi connectivity index (χ1n) is 10.4. The summed E-state index contributed by atoms with van der Waals surface area (Å²) in [6.07, 6.45) is -4.68. The minimum Gasteiger partial charge on any atom is -0.362 e. The molecule has 3 aromatic rings. The van der Waals surface area contributed by atoms with Gasteiger partial charge in [-0.05, 0) is 24.3 Å². The van der Waals surface area contributed by atoms with E-state index in [0.29, 0.717) is 17.0 Å². The lowest BCUT2D eigenvalue weighted by molar-refractivity contribution is -0.384. The number of nitro groups is 1. The van der Waals surface area contributed by atoms with Gasteiger partial charge in [0.25, 0.3) is 11.2 Å². The molecule has 1 fully saturated rings. The Labute approximate surface area is 190 Å². The molecule has 10 nitrogen and oxygen atoms in total. The molecule has 0 spiro atoms. The van der Waals surface area contributed by atoms with E-state index in [4.69, 9.17) is 0 Å². The summed E-state index contributed by atoms with van der Waals surface area (Å²) in [6, 6.07) is 9.16. The van der Waals surface area contributed by atoms with Crippen molar-refractivity contribution in [3.63, 3.8) is 0 Å². The van der Waals surface area contributed by atoms with Gasteiger partial charge in [-0.15, -0.1) is 5.10 Å². The van der Waals surface area contributed by atoms with Crippen LogP contribution in [0, 0.1) is 10.1 Å². The number of aromatic nitrogens is 3. The molecule has 1 aliphatic heterocycles. The van der Waals surface area contributed by atoms with Gasteiger partial charge in [0.1, 0.15) is 11.2 Å². The normalized spacial score (nSPS) is 14.4. The van der Waals surface area contributed by atoms with Crippen LogP contribution in [0.5, 0.6) is 0 Å². The van der Waals surface area contributed by atoms with Crippen LogP contribution in [0.1, 0.15) is 12.0 Å². The van der Waals surface area contributed by atoms with E-state index in [0.717, 1.165) is 16.8 Å². The van der Waals surface area contributed by atoms with Crippen molar-refractivity contribution >= 4 is 28.2 Å². The van der Waals surface area contributed by atoms with E-state index < -0.39 is 22.4 Å². The molecule has 178 valence electrons. The molecule has 34 heavy (non-hydrogen) atoms. The zero-order valence-corrected chi connectivity index (χ0v) is 17.7. The van der Waals surface area contributed by atoms with Crippen LogP contribution in [0.15, 0.2) is 47.3 Å². The molecule has 0 bridgehead atoms. The minimum absolute atomic E-state index is 0.00730. The van der Waals surface area contributed by atoms with E-state index in [2.05, 4.69) is 10.3 Å². The Hall–Kier alpha value is -4.03. The second-order valence-corrected chi connectivity index (χ2v) is 7.71. The molecule has 1 aromatic heterocycles. The number of carbonyl (C=O) groups excluding carboxylic acids is 1. The Bertz CT molecular complexity index is 1300. The highest BCUT2D eigenvalue weighted by Crippen LogP contribution is 2.36. The number of nitrogens with zero attached hydrogens (tertiary/aromatic N) is 6. The monoisotopic (exact) mass is 476 g/mol. The fourth-order valence-corrected chi connectivity index (χ4v) is 3.84. The molecule has 0 unspecified atom stereocenters. The van der Waals surface area contributed by atoms with Gasteiger partial charge in [-0.3, -0.25) is 19.7 Å². The molecule has 0 N–H and O–H groups in total. The largest absolute Gasteiger partial charge is 0.416 e. The van der Waals surface area contributed by atoms with Gasteiger partial charge < -0.3 is 9.80 Å². The van der Waals surface area contributed by atoms with Gasteiger partial charge in [0.2, 0.25) is 5.91 Å². The summed E-state index contributed by atoms with van der Waals surface area (Å²) < 4.78 is 39.9. The molecule has 1 aliphatic rings. The molecular formula is C21H19F3N6O4. The number of piperazine rings is 1. The van der Waals surface area contributed by atoms with Crippen LogP contribution in [0.2, 0.25) is 0 Å². The predicted molar refractivity (Wildman–Crippen MR) is 115 cm³/mol. The summed E-state index contributed by atoms with van der Waals surface area (Å²) in [5, 5.41) is 19.6. The van der Waals surface area contributed by atoms with Gasteiger partial charge in [0.05, 0.1) is 22.4 Å². The number of rotatable bonds is 5. The Morgan fingerprint density at radius 1 is 1.09 bits per heavy atom. The number of aryl methyl sites for hydroxylation is 1. The molecule has 0 radical (unpaired) electrons. The number of hydrogen-bond donors (Lipinski definition) is 0. The number of hydrogen-bond acceptors (Lipinski definition) is 7. The summed E-state index contributed by atoms with van der Waals surface area (Å²) in [4.78, 5) is 38.8. The van der Waals surface area contributed by atoms with Crippen LogP contribution in [0.25, 0.3) is 10.9 Å². The van der Waals surface area contributed by atoms with Crippen molar-refractivity contribution in [2.75, 3.05) is 31.1 Å². The highest BCUT2D eigenvalue weighted by Gasteiger charge is 2.34. The van der Waals surface area contributed by atoms with Crippen molar-refractivity contribution in [1.29, 1.82) is 0 Å². The van der Waals surface area contributed by atoms with E-state index in [9.17, 15) is 32.9 Å². The molecule has 2 heterocycles. The zero-order chi connectivity index (χ0) is 24.5. The van der Waals surface area contributed by atoms with E-state index in [1.165, 1.54) is 0 Å². The van der Waals surface area contributed by atoms with Gasteiger partial charge in [-0.1, -0.05) is 17.3 Å². The maximum Gasteiger partial charge on any atom is 0.416 e. The molecule has 0 atom stereocenters. The number of carbonyl (C=O) groups is 1. The molecule has 4 rings (SSSR count). The van der Waals surface area contributed by atoms with Gasteiger partial charge in [0.15, 0.2) is 0 Å². The standard InChI is InChI=1S/C21H19F3N6O4/c22-21(23,24)14-5-6-17(18(13-14)30(33)34)27-9-11-28(12-10-27)19(31)7-8-29-20(32)15-3-1-2-4-16(15)25-26-29/h1-6,13H,7-12H2. The number of halogens is 3. The average Bonchev–Trinajstić information content (AvgIpc) is 2.82. The Morgan fingerprint density at radius 3 is 2.47 bits per heavy atom. The van der Waals surface area contributed by atoms with E-state index in [1.54, 1.807) is 34.1 Å². The number of alkyl halides is 3. The zero-order valence-electron chi connectivity index (χ0n) is 17.7. The van der Waals surface area contributed by atoms with Gasteiger partial charge >= 0.3 is 6.18 Å². The fraction of sp³-hybridized carbons (Fsp3) is 0.333. The third kappa shape index (κ3) is 4.67. The van der Waals surface area contributed by atoms with Crippen LogP contribution < -0.4 is 10.5 Å². The van der Waals surface area contributed by atoms with Crippen LogP contribution in [-0.2, 0) is 17.5 Å². The van der Waals surface area contributed by atoms with Crippen LogP contribution in [0.3, 0.4) is 0 Å². The molecule has 13 heteroatoms. The third-order valence-electron chi connectivity index (χ3n) is 5.64. The quantitative estimate of drug-likeness (QED) is 0.410. The number of fused-ring (bicyclic) bond motifs is 1. The predicted octanol–water partition coefficient (Wildman–Crippen LogP) is 2.46. The summed E-state index contributed by atoms with van der Waals surface area (Å²) in [7, 11) is 0. The molecule has 1 amide bonds. The Kier molecular flexibility index (Phi) is 6.18. The first-order valence-corrected chi connectivity index (χ1v) is 10.4. The number of nitro benzene ring substituents is 1. The lowest BCUT2D eigenvalue weighted by Gasteiger charge is -2.36. The number of anilines is 1. The van der Waals surface area contributed by atoms with Crippen LogP contribution >= 0.6 is 0 Å². The fourth-order valence-electron chi connectivity index (χ4n) is 3.84. The van der Waals surface area contributed by atoms with Crippen molar-refractivity contribution < 1.29 is 22.9 Å². The molecule has 2 aromatic carbocycles. The first-order chi connectivity index (χ1) is 16.1. The highest BCUT2D eigenvalue weighted by atomic mass is 19.4. The van der Waals surface area contributed by atoms with Crippen molar-refractivity contribution in [2.24, 2.45) is 0 Å². The van der Waals surface area contributed by atoms with Crippen molar-refractivity contribution in [3.8, 4) is 0 Å².